The second-order valence-corrected chi connectivity index (χ2v) is 9.97. The number of aromatic amines is 1. The van der Waals surface area contributed by atoms with Gasteiger partial charge in [-0.1, -0.05) is 0 Å². The van der Waals surface area contributed by atoms with E-state index in [4.69, 9.17) is 28.7 Å². The fourth-order valence-electron chi connectivity index (χ4n) is 3.82. The number of aliphatic imine (C=N–C) groups is 2. The van der Waals surface area contributed by atoms with Gasteiger partial charge in [0.1, 0.15) is 24.2 Å². The molecule has 0 saturated heterocycles. The lowest BCUT2D eigenvalue weighted by atomic mass is 10.1. The zero-order valence-electron chi connectivity index (χ0n) is 25.5. The number of amides is 5. The van der Waals surface area contributed by atoms with Gasteiger partial charge in [-0.3, -0.25) is 34.0 Å². The summed E-state index contributed by atoms with van der Waals surface area (Å²) in [6, 6.07) is -4.74. The lowest BCUT2D eigenvalue weighted by molar-refractivity contribution is -0.142. The van der Waals surface area contributed by atoms with E-state index in [1.54, 1.807) is 0 Å². The number of guanidine groups is 2. The summed E-state index contributed by atoms with van der Waals surface area (Å²) in [6.07, 6.45) is 3.49. The van der Waals surface area contributed by atoms with Gasteiger partial charge in [-0.05, 0) is 32.6 Å². The van der Waals surface area contributed by atoms with Crippen molar-refractivity contribution in [2.45, 2.75) is 63.2 Å². The molecule has 0 radical (unpaired) electrons. The first-order valence-electron chi connectivity index (χ1n) is 14.2. The molecule has 0 fully saturated rings. The van der Waals surface area contributed by atoms with Gasteiger partial charge in [0.2, 0.25) is 29.5 Å². The number of nitrogens with one attached hydrogen (secondary N) is 6. The monoisotopic (exact) mass is 652 g/mol. The third-order valence-corrected chi connectivity index (χ3v) is 6.15. The van der Waals surface area contributed by atoms with E-state index >= 15 is 0 Å². The minimum atomic E-state index is -1.29. The van der Waals surface area contributed by atoms with Crippen molar-refractivity contribution in [1.29, 1.82) is 0 Å². The van der Waals surface area contributed by atoms with Crippen molar-refractivity contribution in [3.05, 3.63) is 18.2 Å². The summed E-state index contributed by atoms with van der Waals surface area (Å²) < 4.78 is 0. The highest BCUT2D eigenvalue weighted by molar-refractivity contribution is 5.95. The molecule has 0 spiro atoms. The summed E-state index contributed by atoms with van der Waals surface area (Å²) in [5.74, 6) is -5.18. The lowest BCUT2D eigenvalue weighted by Crippen LogP contribution is -2.56. The summed E-state index contributed by atoms with van der Waals surface area (Å²) in [6.45, 7) is 0.762. The van der Waals surface area contributed by atoms with Gasteiger partial charge in [0.05, 0.1) is 19.4 Å². The number of hydrogen-bond acceptors (Lipinski definition) is 10. The van der Waals surface area contributed by atoms with E-state index in [2.05, 4.69) is 46.5 Å². The molecule has 1 aromatic heterocycles. The third-order valence-electron chi connectivity index (χ3n) is 6.15. The molecule has 0 bridgehead atoms. The fourth-order valence-corrected chi connectivity index (χ4v) is 3.82. The number of nitrogens with zero attached hydrogens (tertiary/aromatic N) is 3. The number of carboxylic acid groups (broad SMARTS) is 1. The van der Waals surface area contributed by atoms with Gasteiger partial charge in [-0.25, -0.2) is 9.78 Å². The van der Waals surface area contributed by atoms with Crippen molar-refractivity contribution in [1.82, 2.24) is 36.6 Å². The third kappa shape index (κ3) is 15.8. The van der Waals surface area contributed by atoms with Gasteiger partial charge in [0.15, 0.2) is 11.9 Å². The number of aliphatic carboxylic acids is 1. The predicted octanol–water partition coefficient (Wildman–Crippen LogP) is -5.82. The molecule has 21 nitrogen and oxygen atoms in total. The van der Waals surface area contributed by atoms with E-state index in [0.717, 1.165) is 0 Å². The normalized spacial score (nSPS) is 13.1. The van der Waals surface area contributed by atoms with Crippen molar-refractivity contribution < 1.29 is 33.9 Å². The first-order chi connectivity index (χ1) is 21.7. The van der Waals surface area contributed by atoms with Crippen LogP contribution >= 0.6 is 0 Å². The molecular weight excluding hydrogens is 608 g/mol. The highest BCUT2D eigenvalue weighted by Crippen LogP contribution is 2.03. The van der Waals surface area contributed by atoms with Crippen LogP contribution in [0, 0.1) is 0 Å². The highest BCUT2D eigenvalue weighted by atomic mass is 16.4. The number of carboxylic acids is 1. The van der Waals surface area contributed by atoms with Crippen LogP contribution in [0.3, 0.4) is 0 Å². The van der Waals surface area contributed by atoms with Crippen LogP contribution in [0.1, 0.15) is 38.3 Å². The molecule has 46 heavy (non-hydrogen) atoms. The predicted molar refractivity (Wildman–Crippen MR) is 165 cm³/mol. The van der Waals surface area contributed by atoms with Crippen molar-refractivity contribution in [3.8, 4) is 0 Å². The molecule has 0 saturated carbocycles. The smallest absolute Gasteiger partial charge is 0.326 e. The van der Waals surface area contributed by atoms with Crippen molar-refractivity contribution >= 4 is 47.4 Å². The first kappa shape index (κ1) is 38.6. The molecule has 17 N–H and O–H groups in total. The van der Waals surface area contributed by atoms with Crippen LogP contribution in [0.15, 0.2) is 22.5 Å². The first-order valence-corrected chi connectivity index (χ1v) is 14.2. The Balaban J connectivity index is 2.84. The number of nitrogens with two attached hydrogens (primary N) is 5. The summed E-state index contributed by atoms with van der Waals surface area (Å²) in [5, 5.41) is 21.6. The lowest BCUT2D eigenvalue weighted by Gasteiger charge is -2.23. The minimum Gasteiger partial charge on any atom is -0.480 e. The van der Waals surface area contributed by atoms with Crippen molar-refractivity contribution in [2.24, 2.45) is 38.7 Å². The van der Waals surface area contributed by atoms with Gasteiger partial charge in [-0.15, -0.1) is 0 Å². The van der Waals surface area contributed by atoms with Crippen molar-refractivity contribution in [3.63, 3.8) is 0 Å². The molecular formula is C25H44N14O7. The zero-order valence-corrected chi connectivity index (χ0v) is 25.5. The number of aromatic nitrogens is 2. The van der Waals surface area contributed by atoms with E-state index in [9.17, 15) is 33.9 Å². The van der Waals surface area contributed by atoms with E-state index in [1.165, 1.54) is 19.4 Å². The summed E-state index contributed by atoms with van der Waals surface area (Å²) in [5.41, 5.74) is 26.9. The van der Waals surface area contributed by atoms with E-state index in [1.807, 2.05) is 0 Å². The Labute approximate surface area is 264 Å². The SMILES string of the molecule is C[C@H](NC(=O)[C@H](Cc1cnc[nH]1)NC(=O)CNC(=O)[C@H](CCCN=C(N)N)NC(=O)CN)C(=O)N[C@@H](CCCN=C(N)N)C(=O)O. The fraction of sp³-hybridized carbons (Fsp3) is 0.560. The topological polar surface area (TPSA) is 366 Å². The maximum absolute atomic E-state index is 13.1. The number of H-pyrrole nitrogens is 1. The van der Waals surface area contributed by atoms with Gasteiger partial charge >= 0.3 is 5.97 Å². The Morgan fingerprint density at radius 2 is 1.41 bits per heavy atom. The van der Waals surface area contributed by atoms with Crippen LogP contribution in [-0.2, 0) is 35.2 Å². The second kappa shape index (κ2) is 20.5. The molecule has 4 atom stereocenters. The molecule has 0 aliphatic rings. The van der Waals surface area contributed by atoms with Crippen LogP contribution in [-0.4, -0.2) is 113 Å². The van der Waals surface area contributed by atoms with E-state index in [-0.39, 0.29) is 57.2 Å². The Morgan fingerprint density at radius 1 is 0.826 bits per heavy atom. The van der Waals surface area contributed by atoms with E-state index < -0.39 is 66.2 Å². The molecule has 0 aliphatic carbocycles. The van der Waals surface area contributed by atoms with Gasteiger partial charge in [0, 0.05) is 31.4 Å². The Morgan fingerprint density at radius 3 is 1.93 bits per heavy atom. The number of hydrogen-bond donors (Lipinski definition) is 12. The Kier molecular flexibility index (Phi) is 17.2. The second-order valence-electron chi connectivity index (χ2n) is 9.97. The van der Waals surface area contributed by atoms with Gasteiger partial charge in [-0.2, -0.15) is 0 Å². The molecule has 1 aromatic rings. The van der Waals surface area contributed by atoms with Crippen LogP contribution in [0.2, 0.25) is 0 Å². The van der Waals surface area contributed by atoms with Crippen molar-refractivity contribution in [2.75, 3.05) is 26.2 Å². The minimum absolute atomic E-state index is 0.0236. The Bertz CT molecular complexity index is 1230. The largest absolute Gasteiger partial charge is 0.480 e. The standard InChI is InChI=1S/C25H44N14O7/c1-13(20(42)39-16(23(45)46)5-3-7-33-25(29)30)36-22(44)17(8-14-10-31-12-35-14)38-19(41)11-34-21(43)15(37-18(40)9-26)4-2-6-32-24(27)28/h10,12-13,15-17H,2-9,11,26H2,1H3,(H,31,35)(H,34,43)(H,36,44)(H,37,40)(H,38,41)(H,39,42)(H,45,46)(H4,27,28,32)(H4,29,30,33)/t13-,15-,16-,17-/m0/s1. The van der Waals surface area contributed by atoms with Crippen LogP contribution in [0.4, 0.5) is 0 Å². The average Bonchev–Trinajstić information content (AvgIpc) is 3.51. The molecule has 0 aromatic carbocycles. The maximum Gasteiger partial charge on any atom is 0.326 e. The maximum atomic E-state index is 13.1. The summed E-state index contributed by atoms with van der Waals surface area (Å²) in [7, 11) is 0. The number of imidazole rings is 1. The quantitative estimate of drug-likeness (QED) is 0.0335. The molecule has 0 unspecified atom stereocenters. The average molecular weight is 653 g/mol. The number of rotatable bonds is 21. The number of carbonyl (C=O) groups is 6. The van der Waals surface area contributed by atoms with Crippen LogP contribution in [0.5, 0.6) is 0 Å². The molecule has 21 heteroatoms. The van der Waals surface area contributed by atoms with Crippen LogP contribution in [0.25, 0.3) is 0 Å². The van der Waals surface area contributed by atoms with Gasteiger partial charge < -0.3 is 65.3 Å². The zero-order chi connectivity index (χ0) is 34.6. The molecule has 1 heterocycles. The van der Waals surface area contributed by atoms with Crippen LogP contribution < -0.4 is 55.3 Å². The molecule has 1 rings (SSSR count). The summed E-state index contributed by atoms with van der Waals surface area (Å²) in [4.78, 5) is 89.0. The molecule has 5 amide bonds. The summed E-state index contributed by atoms with van der Waals surface area (Å²) >= 11 is 0. The molecule has 0 aliphatic heterocycles. The highest BCUT2D eigenvalue weighted by Gasteiger charge is 2.28. The van der Waals surface area contributed by atoms with Gasteiger partial charge in [0.25, 0.3) is 0 Å². The number of carbonyl (C=O) groups excluding carboxylic acids is 5. The van der Waals surface area contributed by atoms with E-state index in [0.29, 0.717) is 12.1 Å². The Hall–Kier alpha value is -5.47. The molecule has 256 valence electrons.